The fraction of sp³-hybridized carbons (Fsp3) is 0.533. The molecule has 2 fully saturated rings. The van der Waals surface area contributed by atoms with E-state index in [0.717, 1.165) is 48.9 Å². The minimum Gasteiger partial charge on any atom is -0.383 e. The topological polar surface area (TPSA) is 104 Å². The summed E-state index contributed by atoms with van der Waals surface area (Å²) in [6.45, 7) is 10.3. The van der Waals surface area contributed by atoms with Gasteiger partial charge in [0.15, 0.2) is 0 Å². The molecule has 208 valence electrons. The summed E-state index contributed by atoms with van der Waals surface area (Å²) < 4.78 is 1.17. The number of hydrogen-bond donors (Lipinski definition) is 2. The number of carbonyl (C=O) groups excluding carboxylic acids is 2. The SMILES string of the molecule is CCc1cc(NC(=O)C(=O)N2C[C@@H](C)CC[C@@H]2c2ccc3sc([C@H]4CCN(C)C(C)(C)C4)nc3c2)cnc1N. The summed E-state index contributed by atoms with van der Waals surface area (Å²) in [5, 5.41) is 3.95. The number of nitrogens with one attached hydrogen (secondary N) is 1. The molecule has 1 aromatic carbocycles. The van der Waals surface area contributed by atoms with Crippen LogP contribution in [-0.4, -0.2) is 57.3 Å². The Labute approximate surface area is 235 Å². The zero-order valence-electron chi connectivity index (χ0n) is 23.7. The number of fused-ring (bicyclic) bond motifs is 1. The van der Waals surface area contributed by atoms with Crippen molar-refractivity contribution in [2.45, 2.75) is 77.3 Å². The van der Waals surface area contributed by atoms with Crippen molar-refractivity contribution in [1.82, 2.24) is 19.8 Å². The Hall–Kier alpha value is -3.04. The van der Waals surface area contributed by atoms with E-state index < -0.39 is 11.8 Å². The first-order valence-electron chi connectivity index (χ1n) is 14.0. The average molecular weight is 549 g/mol. The van der Waals surface area contributed by atoms with E-state index >= 15 is 0 Å². The lowest BCUT2D eigenvalue weighted by atomic mass is 9.83. The van der Waals surface area contributed by atoms with Gasteiger partial charge in [0.1, 0.15) is 5.82 Å². The predicted octanol–water partition coefficient (Wildman–Crippen LogP) is 5.36. The minimum atomic E-state index is -0.648. The molecular formula is C30H40N6O2S. The lowest BCUT2D eigenvalue weighted by Crippen LogP contribution is -2.46. The summed E-state index contributed by atoms with van der Waals surface area (Å²) >= 11 is 1.79. The first kappa shape index (κ1) is 27.5. The van der Waals surface area contributed by atoms with E-state index in [1.807, 2.05) is 6.92 Å². The second-order valence-electron chi connectivity index (χ2n) is 11.9. The van der Waals surface area contributed by atoms with Crippen LogP contribution >= 0.6 is 11.3 Å². The van der Waals surface area contributed by atoms with Crippen LogP contribution in [0.25, 0.3) is 10.2 Å². The van der Waals surface area contributed by atoms with E-state index in [1.54, 1.807) is 22.3 Å². The summed E-state index contributed by atoms with van der Waals surface area (Å²) in [6, 6.07) is 8.00. The third kappa shape index (κ3) is 5.65. The number of likely N-dealkylation sites (tertiary alicyclic amines) is 2. The molecule has 5 rings (SSSR count). The number of nitrogen functional groups attached to an aromatic ring is 1. The highest BCUT2D eigenvalue weighted by molar-refractivity contribution is 7.18. The van der Waals surface area contributed by atoms with E-state index in [2.05, 4.69) is 61.2 Å². The van der Waals surface area contributed by atoms with Gasteiger partial charge in [0.2, 0.25) is 0 Å². The number of hydrogen-bond acceptors (Lipinski definition) is 7. The maximum atomic E-state index is 13.5. The van der Waals surface area contributed by atoms with Crippen molar-refractivity contribution in [2.75, 3.05) is 31.2 Å². The number of rotatable bonds is 4. The summed E-state index contributed by atoms with van der Waals surface area (Å²) in [5.41, 5.74) is 9.40. The number of benzene rings is 1. The maximum absolute atomic E-state index is 13.5. The van der Waals surface area contributed by atoms with Crippen LogP contribution in [0.15, 0.2) is 30.5 Å². The van der Waals surface area contributed by atoms with E-state index in [4.69, 9.17) is 10.7 Å². The predicted molar refractivity (Wildman–Crippen MR) is 158 cm³/mol. The molecule has 0 bridgehead atoms. The molecule has 39 heavy (non-hydrogen) atoms. The monoisotopic (exact) mass is 548 g/mol. The van der Waals surface area contributed by atoms with Crippen LogP contribution in [-0.2, 0) is 16.0 Å². The molecule has 0 radical (unpaired) electrons. The van der Waals surface area contributed by atoms with Crippen LogP contribution in [0.4, 0.5) is 11.5 Å². The van der Waals surface area contributed by atoms with Crippen LogP contribution in [0.5, 0.6) is 0 Å². The van der Waals surface area contributed by atoms with Gasteiger partial charge < -0.3 is 20.9 Å². The molecule has 0 aliphatic carbocycles. The van der Waals surface area contributed by atoms with Gasteiger partial charge in [0.25, 0.3) is 0 Å². The van der Waals surface area contributed by atoms with Crippen LogP contribution in [0.3, 0.4) is 0 Å². The summed E-state index contributed by atoms with van der Waals surface area (Å²) in [7, 11) is 2.20. The normalized spacial score (nSPS) is 23.6. The second-order valence-corrected chi connectivity index (χ2v) is 13.0. The third-order valence-corrected chi connectivity index (χ3v) is 9.87. The molecule has 2 aliphatic rings. The summed E-state index contributed by atoms with van der Waals surface area (Å²) in [4.78, 5) is 40.0. The number of nitrogens with zero attached hydrogens (tertiary/aromatic N) is 4. The summed E-state index contributed by atoms with van der Waals surface area (Å²) in [5.74, 6) is 0.0567. The lowest BCUT2D eigenvalue weighted by molar-refractivity contribution is -0.146. The third-order valence-electron chi connectivity index (χ3n) is 8.67. The Morgan fingerprint density at radius 1 is 1.21 bits per heavy atom. The molecule has 9 heteroatoms. The van der Waals surface area contributed by atoms with Crippen molar-refractivity contribution in [1.29, 1.82) is 0 Å². The fourth-order valence-corrected chi connectivity index (χ4v) is 7.06. The molecule has 3 N–H and O–H groups in total. The van der Waals surface area contributed by atoms with Gasteiger partial charge >= 0.3 is 11.8 Å². The van der Waals surface area contributed by atoms with Crippen molar-refractivity contribution in [3.05, 3.63) is 46.6 Å². The Bertz CT molecular complexity index is 1390. The molecule has 2 aliphatic heterocycles. The molecule has 2 saturated heterocycles. The largest absolute Gasteiger partial charge is 0.383 e. The molecule has 0 saturated carbocycles. The number of amides is 2. The number of piperidine rings is 2. The number of nitrogens with two attached hydrogens (primary N) is 1. The van der Waals surface area contributed by atoms with Gasteiger partial charge in [-0.05, 0) is 94.8 Å². The Morgan fingerprint density at radius 3 is 2.74 bits per heavy atom. The van der Waals surface area contributed by atoms with Crippen molar-refractivity contribution in [3.8, 4) is 0 Å². The Kier molecular flexibility index (Phi) is 7.66. The Balaban J connectivity index is 1.36. The first-order valence-corrected chi connectivity index (χ1v) is 14.8. The molecule has 2 aromatic heterocycles. The van der Waals surface area contributed by atoms with Gasteiger partial charge in [-0.15, -0.1) is 11.3 Å². The van der Waals surface area contributed by atoms with Crippen molar-refractivity contribution in [3.63, 3.8) is 0 Å². The van der Waals surface area contributed by atoms with E-state index in [1.165, 1.54) is 15.9 Å². The van der Waals surface area contributed by atoms with Gasteiger partial charge in [-0.2, -0.15) is 0 Å². The Morgan fingerprint density at radius 2 is 2.00 bits per heavy atom. The van der Waals surface area contributed by atoms with Crippen LogP contribution < -0.4 is 11.1 Å². The average Bonchev–Trinajstić information content (AvgIpc) is 3.34. The standard InChI is InChI=1S/C30H40N6O2S/c1-6-19-13-22(16-32-26(19)31)33-27(37)29(38)36-17-18(2)7-9-24(36)20-8-10-25-23(14-20)34-28(39-25)21-11-12-35(5)30(3,4)15-21/h8,10,13-14,16,18,21,24H,6-7,9,11-12,15,17H2,1-5H3,(H2,31,32)(H,33,37)/t18-,21-,24+/m0/s1. The number of aromatic nitrogens is 2. The molecule has 3 atom stereocenters. The smallest absolute Gasteiger partial charge is 0.313 e. The van der Waals surface area contributed by atoms with E-state index in [9.17, 15) is 9.59 Å². The van der Waals surface area contributed by atoms with Crippen LogP contribution in [0.1, 0.15) is 81.5 Å². The van der Waals surface area contributed by atoms with Gasteiger partial charge in [-0.1, -0.05) is 19.9 Å². The highest BCUT2D eigenvalue weighted by Crippen LogP contribution is 2.41. The number of thiazole rings is 1. The van der Waals surface area contributed by atoms with Crippen LogP contribution in [0, 0.1) is 5.92 Å². The first-order chi connectivity index (χ1) is 18.6. The molecule has 3 aromatic rings. The lowest BCUT2D eigenvalue weighted by Gasteiger charge is -2.43. The molecule has 4 heterocycles. The second kappa shape index (κ2) is 10.8. The van der Waals surface area contributed by atoms with Gasteiger partial charge in [-0.25, -0.2) is 9.97 Å². The fourth-order valence-electron chi connectivity index (χ4n) is 5.98. The maximum Gasteiger partial charge on any atom is 0.313 e. The molecule has 8 nitrogen and oxygen atoms in total. The van der Waals surface area contributed by atoms with Crippen molar-refractivity contribution < 1.29 is 9.59 Å². The van der Waals surface area contributed by atoms with E-state index in [-0.39, 0.29) is 11.6 Å². The molecule has 0 unspecified atom stereocenters. The zero-order chi connectivity index (χ0) is 27.9. The van der Waals surface area contributed by atoms with Crippen molar-refractivity contribution >= 4 is 44.9 Å². The minimum absolute atomic E-state index is 0.159. The molecule has 2 amide bonds. The number of pyridine rings is 1. The summed E-state index contributed by atoms with van der Waals surface area (Å²) in [6.07, 6.45) is 6.22. The van der Waals surface area contributed by atoms with Gasteiger partial charge in [0.05, 0.1) is 33.2 Å². The van der Waals surface area contributed by atoms with Crippen LogP contribution in [0.2, 0.25) is 0 Å². The number of anilines is 2. The van der Waals surface area contributed by atoms with Gasteiger partial charge in [-0.3, -0.25) is 9.59 Å². The van der Waals surface area contributed by atoms with E-state index in [0.29, 0.717) is 36.3 Å². The highest BCUT2D eigenvalue weighted by Gasteiger charge is 2.36. The number of aryl methyl sites for hydroxylation is 1. The zero-order valence-corrected chi connectivity index (χ0v) is 24.5. The van der Waals surface area contributed by atoms with Gasteiger partial charge in [0, 0.05) is 18.0 Å². The quantitative estimate of drug-likeness (QED) is 0.425. The van der Waals surface area contributed by atoms with Crippen molar-refractivity contribution in [2.24, 2.45) is 5.92 Å². The molecular weight excluding hydrogens is 508 g/mol. The highest BCUT2D eigenvalue weighted by atomic mass is 32.1. The number of carbonyl (C=O) groups is 2. The molecule has 0 spiro atoms.